The summed E-state index contributed by atoms with van der Waals surface area (Å²) in [6.45, 7) is 1.58. The molecule has 0 bridgehead atoms. The number of imidazole rings is 1. The molecule has 0 aliphatic heterocycles. The molecule has 0 aliphatic rings. The molecule has 0 unspecified atom stereocenters. The van der Waals surface area contributed by atoms with Crippen LogP contribution in [-0.4, -0.2) is 15.3 Å². The number of hydrogen-bond donors (Lipinski definition) is 1. The van der Waals surface area contributed by atoms with Gasteiger partial charge in [0.2, 0.25) is 0 Å². The van der Waals surface area contributed by atoms with E-state index in [9.17, 15) is 18.0 Å². The number of anilines is 1. The van der Waals surface area contributed by atoms with Crippen LogP contribution in [-0.2, 0) is 6.18 Å². The van der Waals surface area contributed by atoms with Crippen molar-refractivity contribution >= 4 is 33.2 Å². The van der Waals surface area contributed by atoms with Crippen molar-refractivity contribution in [3.63, 3.8) is 0 Å². The lowest BCUT2D eigenvalue weighted by Crippen LogP contribution is -2.16. The van der Waals surface area contributed by atoms with Gasteiger partial charge in [-0.05, 0) is 43.3 Å². The number of benzene rings is 1. The Morgan fingerprint density at radius 3 is 2.46 bits per heavy atom. The van der Waals surface area contributed by atoms with Gasteiger partial charge in [0.05, 0.1) is 11.3 Å². The molecule has 0 fully saturated rings. The normalized spacial score (nSPS) is 11.7. The number of carbonyl (C=O) groups excluding carboxylic acids is 1. The van der Waals surface area contributed by atoms with Crippen LogP contribution in [0.5, 0.6) is 0 Å². The molecule has 0 atom stereocenters. The fraction of sp³-hybridized carbons (Fsp3) is 0.125. The Balaban J connectivity index is 2.02. The molecular weight excluding hydrogens is 387 g/mol. The van der Waals surface area contributed by atoms with E-state index in [0.29, 0.717) is 11.4 Å². The molecule has 2 aromatic heterocycles. The highest BCUT2D eigenvalue weighted by atomic mass is 79.9. The van der Waals surface area contributed by atoms with Gasteiger partial charge in [-0.1, -0.05) is 15.9 Å². The van der Waals surface area contributed by atoms with Crippen molar-refractivity contribution in [3.05, 3.63) is 64.0 Å². The predicted molar refractivity (Wildman–Crippen MR) is 87.0 cm³/mol. The number of fused-ring (bicyclic) bond motifs is 1. The zero-order valence-corrected chi connectivity index (χ0v) is 13.9. The van der Waals surface area contributed by atoms with Crippen molar-refractivity contribution in [1.82, 2.24) is 9.38 Å². The van der Waals surface area contributed by atoms with Gasteiger partial charge in [0.15, 0.2) is 0 Å². The minimum Gasteiger partial charge on any atom is -0.321 e. The third-order valence-corrected chi connectivity index (χ3v) is 3.97. The van der Waals surface area contributed by atoms with Crippen molar-refractivity contribution in [2.75, 3.05) is 5.32 Å². The standard InChI is InChI=1S/C16H11BrF3N3O/c1-9-14(15(24)22-12-5-3-11(17)4-6-12)23-8-10(16(18,19)20)2-7-13(23)21-9/h2-8H,1H3,(H,22,24). The first kappa shape index (κ1) is 16.5. The van der Waals surface area contributed by atoms with Gasteiger partial charge in [-0.15, -0.1) is 0 Å². The van der Waals surface area contributed by atoms with Crippen molar-refractivity contribution in [3.8, 4) is 0 Å². The molecule has 3 rings (SSSR count). The van der Waals surface area contributed by atoms with Gasteiger partial charge < -0.3 is 5.32 Å². The van der Waals surface area contributed by atoms with Gasteiger partial charge in [0, 0.05) is 16.4 Å². The molecule has 0 saturated heterocycles. The monoisotopic (exact) mass is 397 g/mol. The smallest absolute Gasteiger partial charge is 0.321 e. The lowest BCUT2D eigenvalue weighted by Gasteiger charge is -2.09. The van der Waals surface area contributed by atoms with Gasteiger partial charge in [0.1, 0.15) is 11.3 Å². The van der Waals surface area contributed by atoms with Crippen LogP contribution in [0.25, 0.3) is 5.65 Å². The van der Waals surface area contributed by atoms with Gasteiger partial charge in [-0.2, -0.15) is 13.2 Å². The zero-order chi connectivity index (χ0) is 17.5. The van der Waals surface area contributed by atoms with E-state index in [4.69, 9.17) is 0 Å². The van der Waals surface area contributed by atoms with Crippen LogP contribution in [0.2, 0.25) is 0 Å². The quantitative estimate of drug-likeness (QED) is 0.682. The zero-order valence-electron chi connectivity index (χ0n) is 12.4. The van der Waals surface area contributed by atoms with E-state index in [2.05, 4.69) is 26.2 Å². The number of pyridine rings is 1. The summed E-state index contributed by atoms with van der Waals surface area (Å²) in [6, 6.07) is 9.05. The number of aryl methyl sites for hydroxylation is 1. The molecule has 0 saturated carbocycles. The summed E-state index contributed by atoms with van der Waals surface area (Å²) in [7, 11) is 0. The van der Waals surface area contributed by atoms with Crippen molar-refractivity contribution in [1.29, 1.82) is 0 Å². The van der Waals surface area contributed by atoms with Crippen molar-refractivity contribution in [2.24, 2.45) is 0 Å². The van der Waals surface area contributed by atoms with Gasteiger partial charge in [0.25, 0.3) is 5.91 Å². The van der Waals surface area contributed by atoms with Gasteiger partial charge in [-0.3, -0.25) is 9.20 Å². The number of nitrogens with zero attached hydrogens (tertiary/aromatic N) is 2. The van der Waals surface area contributed by atoms with Crippen LogP contribution >= 0.6 is 15.9 Å². The van der Waals surface area contributed by atoms with Crippen LogP contribution in [0.4, 0.5) is 18.9 Å². The molecule has 2 heterocycles. The van der Waals surface area contributed by atoms with E-state index >= 15 is 0 Å². The molecule has 4 nitrogen and oxygen atoms in total. The van der Waals surface area contributed by atoms with E-state index in [1.165, 1.54) is 6.07 Å². The second kappa shape index (κ2) is 5.94. The molecule has 124 valence electrons. The van der Waals surface area contributed by atoms with Crippen molar-refractivity contribution < 1.29 is 18.0 Å². The second-order valence-corrected chi connectivity index (χ2v) is 6.07. The predicted octanol–water partition coefficient (Wildman–Crippen LogP) is 4.68. The summed E-state index contributed by atoms with van der Waals surface area (Å²) >= 11 is 3.29. The highest BCUT2D eigenvalue weighted by Crippen LogP contribution is 2.30. The number of aromatic nitrogens is 2. The van der Waals surface area contributed by atoms with Crippen molar-refractivity contribution in [2.45, 2.75) is 13.1 Å². The number of rotatable bonds is 2. The summed E-state index contributed by atoms with van der Waals surface area (Å²) in [5.74, 6) is -0.526. The minimum atomic E-state index is -4.49. The van der Waals surface area contributed by atoms with Crippen LogP contribution < -0.4 is 5.32 Å². The van der Waals surface area contributed by atoms with Gasteiger partial charge >= 0.3 is 6.18 Å². The fourth-order valence-electron chi connectivity index (χ4n) is 2.33. The van der Waals surface area contributed by atoms with Crippen LogP contribution in [0, 0.1) is 6.92 Å². The molecule has 1 amide bonds. The minimum absolute atomic E-state index is 0.0685. The first-order chi connectivity index (χ1) is 11.3. The molecule has 0 radical (unpaired) electrons. The average Bonchev–Trinajstić information content (AvgIpc) is 2.83. The highest BCUT2D eigenvalue weighted by Gasteiger charge is 2.31. The average molecular weight is 398 g/mol. The first-order valence-electron chi connectivity index (χ1n) is 6.88. The maximum absolute atomic E-state index is 12.9. The topological polar surface area (TPSA) is 46.4 Å². The summed E-state index contributed by atoms with van der Waals surface area (Å²) in [5.41, 5.74) is 0.388. The number of hydrogen-bond acceptors (Lipinski definition) is 2. The Morgan fingerprint density at radius 2 is 1.83 bits per heavy atom. The number of amides is 1. The van der Waals surface area contributed by atoms with Crippen LogP contribution in [0.3, 0.4) is 0 Å². The van der Waals surface area contributed by atoms with Crippen LogP contribution in [0.15, 0.2) is 47.1 Å². The summed E-state index contributed by atoms with van der Waals surface area (Å²) in [5, 5.41) is 2.66. The summed E-state index contributed by atoms with van der Waals surface area (Å²) in [6.07, 6.45) is -3.61. The lowest BCUT2D eigenvalue weighted by atomic mass is 10.2. The molecule has 0 aliphatic carbocycles. The summed E-state index contributed by atoms with van der Waals surface area (Å²) in [4.78, 5) is 16.6. The van der Waals surface area contributed by atoms with E-state index in [1.807, 2.05) is 0 Å². The number of alkyl halides is 3. The molecule has 1 aromatic carbocycles. The number of halogens is 4. The van der Waals surface area contributed by atoms with E-state index in [0.717, 1.165) is 21.1 Å². The summed E-state index contributed by atoms with van der Waals surface area (Å²) < 4.78 is 40.7. The first-order valence-corrected chi connectivity index (χ1v) is 7.68. The molecule has 1 N–H and O–H groups in total. The van der Waals surface area contributed by atoms with Crippen LogP contribution in [0.1, 0.15) is 21.7 Å². The van der Waals surface area contributed by atoms with E-state index in [-0.39, 0.29) is 11.3 Å². The Hall–Kier alpha value is -2.35. The molecule has 24 heavy (non-hydrogen) atoms. The fourth-order valence-corrected chi connectivity index (χ4v) is 2.59. The second-order valence-electron chi connectivity index (χ2n) is 5.15. The molecule has 3 aromatic rings. The third kappa shape index (κ3) is 3.14. The largest absolute Gasteiger partial charge is 0.417 e. The maximum atomic E-state index is 12.9. The lowest BCUT2D eigenvalue weighted by molar-refractivity contribution is -0.137. The maximum Gasteiger partial charge on any atom is 0.417 e. The van der Waals surface area contributed by atoms with E-state index < -0.39 is 17.6 Å². The van der Waals surface area contributed by atoms with Gasteiger partial charge in [-0.25, -0.2) is 4.98 Å². The Kier molecular flexibility index (Phi) is 4.08. The molecule has 8 heteroatoms. The van der Waals surface area contributed by atoms with E-state index in [1.54, 1.807) is 31.2 Å². The molecule has 0 spiro atoms. The Bertz CT molecular complexity index is 917. The Morgan fingerprint density at radius 1 is 1.17 bits per heavy atom. The highest BCUT2D eigenvalue weighted by molar-refractivity contribution is 9.10. The third-order valence-electron chi connectivity index (χ3n) is 3.44. The molecular formula is C16H11BrF3N3O. The number of carbonyl (C=O) groups is 1. The SMILES string of the molecule is Cc1nc2ccc(C(F)(F)F)cn2c1C(=O)Nc1ccc(Br)cc1. The number of nitrogens with one attached hydrogen (secondary N) is 1. The Labute approximate surface area is 143 Å².